The second-order valence-corrected chi connectivity index (χ2v) is 5.02. The predicted octanol–water partition coefficient (Wildman–Crippen LogP) is 2.95. The molecule has 17 heavy (non-hydrogen) atoms. The molecule has 1 aromatic carbocycles. The van der Waals surface area contributed by atoms with Gasteiger partial charge in [0, 0.05) is 19.6 Å². The molecule has 1 atom stereocenters. The van der Waals surface area contributed by atoms with Crippen LogP contribution in [0.25, 0.3) is 0 Å². The molecule has 1 heterocycles. The number of hydrogen-bond acceptors (Lipinski definition) is 2. The summed E-state index contributed by atoms with van der Waals surface area (Å²) in [6.45, 7) is 1.25. The first kappa shape index (κ1) is 12.8. The number of hydrogen-bond donors (Lipinski definition) is 1. The average molecular weight is 259 g/mol. The number of rotatable bonds is 2. The second-order valence-electron chi connectivity index (χ2n) is 4.62. The fourth-order valence-corrected chi connectivity index (χ4v) is 2.32. The Morgan fingerprint density at radius 3 is 2.94 bits per heavy atom. The molecule has 0 aliphatic carbocycles. The van der Waals surface area contributed by atoms with Crippen LogP contribution >= 0.6 is 11.6 Å². The van der Waals surface area contributed by atoms with Crippen LogP contribution in [-0.4, -0.2) is 23.9 Å². The normalized spacial score (nSPS) is 25.6. The smallest absolute Gasteiger partial charge is 0.142 e. The van der Waals surface area contributed by atoms with E-state index < -0.39 is 11.4 Å². The van der Waals surface area contributed by atoms with Crippen LogP contribution in [0.1, 0.15) is 24.8 Å². The minimum Gasteiger partial charge on any atom is -0.389 e. The van der Waals surface area contributed by atoms with Crippen LogP contribution in [0.15, 0.2) is 18.2 Å². The van der Waals surface area contributed by atoms with E-state index in [0.717, 1.165) is 12.0 Å². The average Bonchev–Trinajstić information content (AvgIpc) is 2.49. The zero-order valence-corrected chi connectivity index (χ0v) is 10.3. The lowest BCUT2D eigenvalue weighted by Crippen LogP contribution is -2.31. The molecule has 0 spiro atoms. The maximum atomic E-state index is 13.3. The van der Waals surface area contributed by atoms with Gasteiger partial charge in [-0.2, -0.15) is 0 Å². The van der Waals surface area contributed by atoms with Gasteiger partial charge < -0.3 is 9.84 Å². The van der Waals surface area contributed by atoms with Gasteiger partial charge in [-0.1, -0.05) is 17.7 Å². The van der Waals surface area contributed by atoms with Crippen LogP contribution in [0, 0.1) is 5.82 Å². The van der Waals surface area contributed by atoms with Crippen LogP contribution in [0.3, 0.4) is 0 Å². The molecule has 0 radical (unpaired) electrons. The Morgan fingerprint density at radius 1 is 1.35 bits per heavy atom. The lowest BCUT2D eigenvalue weighted by Gasteiger charge is -2.26. The number of ether oxygens (including phenoxy) is 1. The highest BCUT2D eigenvalue weighted by atomic mass is 35.5. The van der Waals surface area contributed by atoms with Crippen molar-refractivity contribution in [3.8, 4) is 0 Å². The molecule has 1 N–H and O–H groups in total. The lowest BCUT2D eigenvalue weighted by atomic mass is 9.88. The van der Waals surface area contributed by atoms with Gasteiger partial charge in [0.15, 0.2) is 0 Å². The highest BCUT2D eigenvalue weighted by molar-refractivity contribution is 6.30. The van der Waals surface area contributed by atoms with Gasteiger partial charge in [-0.3, -0.25) is 0 Å². The first-order chi connectivity index (χ1) is 8.09. The maximum Gasteiger partial charge on any atom is 0.142 e. The van der Waals surface area contributed by atoms with E-state index in [9.17, 15) is 9.50 Å². The van der Waals surface area contributed by atoms with Crippen LogP contribution in [0.5, 0.6) is 0 Å². The minimum absolute atomic E-state index is 0.116. The van der Waals surface area contributed by atoms with Gasteiger partial charge >= 0.3 is 0 Å². The summed E-state index contributed by atoms with van der Waals surface area (Å²) in [7, 11) is 0. The Bertz CT molecular complexity index is 387. The maximum absolute atomic E-state index is 13.3. The second kappa shape index (κ2) is 5.34. The molecule has 1 aliphatic rings. The van der Waals surface area contributed by atoms with E-state index >= 15 is 0 Å². The van der Waals surface area contributed by atoms with Crippen molar-refractivity contribution in [2.75, 3.05) is 13.2 Å². The van der Waals surface area contributed by atoms with Gasteiger partial charge in [-0.15, -0.1) is 0 Å². The molecule has 94 valence electrons. The summed E-state index contributed by atoms with van der Waals surface area (Å²) >= 11 is 5.63. The van der Waals surface area contributed by atoms with Gasteiger partial charge in [0.1, 0.15) is 5.82 Å². The summed E-state index contributed by atoms with van der Waals surface area (Å²) in [4.78, 5) is 0. The molecule has 1 aromatic rings. The number of halogens is 2. The Balaban J connectivity index is 2.10. The third kappa shape index (κ3) is 3.41. The summed E-state index contributed by atoms with van der Waals surface area (Å²) in [6.07, 6.45) is 2.57. The largest absolute Gasteiger partial charge is 0.389 e. The van der Waals surface area contributed by atoms with E-state index in [1.807, 2.05) is 0 Å². The highest BCUT2D eigenvalue weighted by Crippen LogP contribution is 2.27. The summed E-state index contributed by atoms with van der Waals surface area (Å²) in [5.74, 6) is -0.433. The van der Waals surface area contributed by atoms with Crippen molar-refractivity contribution < 1.29 is 14.2 Å². The first-order valence-electron chi connectivity index (χ1n) is 5.83. The molecule has 1 unspecified atom stereocenters. The van der Waals surface area contributed by atoms with E-state index in [2.05, 4.69) is 0 Å². The fraction of sp³-hybridized carbons (Fsp3) is 0.538. The number of aliphatic hydroxyl groups is 1. The zero-order chi connectivity index (χ0) is 12.3. The van der Waals surface area contributed by atoms with Gasteiger partial charge in [-0.25, -0.2) is 4.39 Å². The molecular weight excluding hydrogens is 243 g/mol. The van der Waals surface area contributed by atoms with Crippen molar-refractivity contribution in [1.82, 2.24) is 0 Å². The molecule has 4 heteroatoms. The van der Waals surface area contributed by atoms with Crippen molar-refractivity contribution >= 4 is 11.6 Å². The molecule has 1 fully saturated rings. The van der Waals surface area contributed by atoms with Gasteiger partial charge in [0.05, 0.1) is 10.6 Å². The standard InChI is InChI=1S/C13H16ClFO2/c14-11-3-2-10(8-12(11)15)9-13(16)4-1-6-17-7-5-13/h2-3,8,16H,1,4-7,9H2. The Labute approximate surface area is 105 Å². The van der Waals surface area contributed by atoms with Crippen molar-refractivity contribution in [3.63, 3.8) is 0 Å². The van der Waals surface area contributed by atoms with E-state index in [-0.39, 0.29) is 5.02 Å². The lowest BCUT2D eigenvalue weighted by molar-refractivity contribution is 0.0188. The topological polar surface area (TPSA) is 29.5 Å². The molecule has 0 amide bonds. The van der Waals surface area contributed by atoms with E-state index in [1.165, 1.54) is 12.1 Å². The van der Waals surface area contributed by atoms with E-state index in [4.69, 9.17) is 16.3 Å². The molecule has 1 saturated heterocycles. The third-order valence-electron chi connectivity index (χ3n) is 3.16. The molecule has 0 aromatic heterocycles. The monoisotopic (exact) mass is 258 g/mol. The van der Waals surface area contributed by atoms with Gasteiger partial charge in [-0.05, 0) is 37.0 Å². The highest BCUT2D eigenvalue weighted by Gasteiger charge is 2.28. The van der Waals surface area contributed by atoms with Crippen LogP contribution < -0.4 is 0 Å². The fourth-order valence-electron chi connectivity index (χ4n) is 2.20. The minimum atomic E-state index is -0.781. The Kier molecular flexibility index (Phi) is 4.02. The Hall–Kier alpha value is -0.640. The summed E-state index contributed by atoms with van der Waals surface area (Å²) < 4.78 is 18.6. The quantitative estimate of drug-likeness (QED) is 0.884. The predicted molar refractivity (Wildman–Crippen MR) is 64.7 cm³/mol. The molecule has 0 saturated carbocycles. The third-order valence-corrected chi connectivity index (χ3v) is 3.47. The SMILES string of the molecule is OC1(Cc2ccc(Cl)c(F)c2)CCCOCC1. The first-order valence-corrected chi connectivity index (χ1v) is 6.21. The van der Waals surface area contributed by atoms with Gasteiger partial charge in [0.25, 0.3) is 0 Å². The molecule has 1 aliphatic heterocycles. The van der Waals surface area contributed by atoms with Crippen molar-refractivity contribution in [2.24, 2.45) is 0 Å². The molecular formula is C13H16ClFO2. The molecule has 0 bridgehead atoms. The Morgan fingerprint density at radius 2 is 2.18 bits per heavy atom. The summed E-state index contributed by atoms with van der Waals surface area (Å²) in [5.41, 5.74) is -0.00663. The zero-order valence-electron chi connectivity index (χ0n) is 9.59. The van der Waals surface area contributed by atoms with Crippen molar-refractivity contribution in [2.45, 2.75) is 31.3 Å². The van der Waals surface area contributed by atoms with Crippen molar-refractivity contribution in [3.05, 3.63) is 34.6 Å². The molecule has 2 rings (SSSR count). The summed E-state index contributed by atoms with van der Waals surface area (Å²) in [6, 6.07) is 4.68. The van der Waals surface area contributed by atoms with Gasteiger partial charge in [0.2, 0.25) is 0 Å². The van der Waals surface area contributed by atoms with Crippen molar-refractivity contribution in [1.29, 1.82) is 0 Å². The van der Waals surface area contributed by atoms with E-state index in [0.29, 0.717) is 32.5 Å². The summed E-state index contributed by atoms with van der Waals surface area (Å²) in [5, 5.41) is 10.5. The molecule has 2 nitrogen and oxygen atoms in total. The van der Waals surface area contributed by atoms with Crippen LogP contribution in [0.2, 0.25) is 5.02 Å². The van der Waals surface area contributed by atoms with Crippen LogP contribution in [0.4, 0.5) is 4.39 Å². The number of benzene rings is 1. The van der Waals surface area contributed by atoms with Crippen LogP contribution in [-0.2, 0) is 11.2 Å². The van der Waals surface area contributed by atoms with E-state index in [1.54, 1.807) is 6.07 Å².